The molecule has 1 saturated heterocycles. The van der Waals surface area contributed by atoms with Crippen molar-refractivity contribution in [3.05, 3.63) is 82.0 Å². The summed E-state index contributed by atoms with van der Waals surface area (Å²) in [5.41, 5.74) is 2.82. The van der Waals surface area contributed by atoms with E-state index >= 15 is 0 Å². The smallest absolute Gasteiger partial charge is 0.254 e. The maximum Gasteiger partial charge on any atom is 0.254 e. The number of carbonyl (C=O) groups is 2. The Morgan fingerprint density at radius 2 is 1.68 bits per heavy atom. The Balaban J connectivity index is 1.21. The zero-order chi connectivity index (χ0) is 23.1. The summed E-state index contributed by atoms with van der Waals surface area (Å²) in [7, 11) is 0. The van der Waals surface area contributed by atoms with Gasteiger partial charge in [0.2, 0.25) is 0 Å². The second kappa shape index (κ2) is 7.30. The molecule has 2 saturated carbocycles. The zero-order valence-corrected chi connectivity index (χ0v) is 19.7. The van der Waals surface area contributed by atoms with Crippen LogP contribution >= 0.6 is 23.2 Å². The summed E-state index contributed by atoms with van der Waals surface area (Å²) >= 11 is 12.5. The van der Waals surface area contributed by atoms with Gasteiger partial charge >= 0.3 is 0 Å². The van der Waals surface area contributed by atoms with Crippen molar-refractivity contribution in [3.8, 4) is 0 Å². The van der Waals surface area contributed by atoms with E-state index in [9.17, 15) is 9.59 Å². The quantitative estimate of drug-likeness (QED) is 0.280. The fourth-order valence-electron chi connectivity index (χ4n) is 6.52. The molecule has 2 heterocycles. The summed E-state index contributed by atoms with van der Waals surface area (Å²) in [4.78, 5) is 26.5. The molecule has 4 aliphatic carbocycles. The number of amides is 2. The topological polar surface area (TPSA) is 54.7 Å². The largest absolute Gasteiger partial charge is 0.342 e. The highest BCUT2D eigenvalue weighted by atomic mass is 35.5. The number of fused-ring (bicyclic) bond motifs is 1. The van der Waals surface area contributed by atoms with E-state index in [1.54, 1.807) is 12.3 Å². The molecule has 34 heavy (non-hydrogen) atoms. The summed E-state index contributed by atoms with van der Waals surface area (Å²) in [5, 5.41) is 7.78. The number of hydrogen-bond acceptors (Lipinski definition) is 3. The second-order valence-corrected chi connectivity index (χ2v) is 10.7. The molecular weight excluding hydrogens is 469 g/mol. The molecule has 2 aromatic carbocycles. The molecule has 6 atom stereocenters. The van der Waals surface area contributed by atoms with E-state index in [1.165, 1.54) is 0 Å². The number of imide groups is 1. The first-order valence-electron chi connectivity index (χ1n) is 11.6. The zero-order valence-electron chi connectivity index (χ0n) is 18.1. The molecule has 2 bridgehead atoms. The predicted octanol–water partition coefficient (Wildman–Crippen LogP) is 5.38. The van der Waals surface area contributed by atoms with Gasteiger partial charge in [-0.3, -0.25) is 9.59 Å². The normalized spacial score (nSPS) is 31.1. The van der Waals surface area contributed by atoms with Crippen molar-refractivity contribution in [3.63, 3.8) is 0 Å². The van der Waals surface area contributed by atoms with Crippen LogP contribution in [0.3, 0.4) is 0 Å². The molecule has 1 aliphatic heterocycles. The van der Waals surface area contributed by atoms with Gasteiger partial charge in [-0.25, -0.2) is 0 Å². The summed E-state index contributed by atoms with van der Waals surface area (Å²) in [6, 6.07) is 13.5. The van der Waals surface area contributed by atoms with Gasteiger partial charge in [0.05, 0.1) is 18.1 Å². The number of para-hydroxylation sites is 1. The van der Waals surface area contributed by atoms with Crippen molar-refractivity contribution in [1.82, 2.24) is 9.58 Å². The van der Waals surface area contributed by atoms with Crippen LogP contribution in [0.15, 0.2) is 65.9 Å². The van der Waals surface area contributed by atoms with Gasteiger partial charge in [-0.15, -0.1) is 0 Å². The van der Waals surface area contributed by atoms with Gasteiger partial charge in [-0.2, -0.15) is 10.1 Å². The fraction of sp³-hybridized carbons (Fsp3) is 0.296. The van der Waals surface area contributed by atoms with Gasteiger partial charge in [0.25, 0.3) is 11.8 Å². The lowest BCUT2D eigenvalue weighted by atomic mass is 9.63. The van der Waals surface area contributed by atoms with E-state index < -0.39 is 0 Å². The monoisotopic (exact) mass is 489 g/mol. The molecule has 5 nitrogen and oxygen atoms in total. The molecular formula is C27H21Cl2N3O2. The maximum atomic E-state index is 13.2. The van der Waals surface area contributed by atoms with Crippen LogP contribution in [-0.4, -0.2) is 27.6 Å². The van der Waals surface area contributed by atoms with Crippen LogP contribution in [0.25, 0.3) is 10.9 Å². The minimum Gasteiger partial charge on any atom is -0.342 e. The molecule has 5 aliphatic rings. The van der Waals surface area contributed by atoms with Gasteiger partial charge in [-0.1, -0.05) is 59.6 Å². The molecule has 0 unspecified atom stereocenters. The predicted molar refractivity (Wildman–Crippen MR) is 132 cm³/mol. The Kier molecular flexibility index (Phi) is 4.40. The molecule has 1 aromatic heterocycles. The van der Waals surface area contributed by atoms with E-state index in [0.717, 1.165) is 33.5 Å². The number of nitrogens with zero attached hydrogens (tertiary/aromatic N) is 3. The van der Waals surface area contributed by atoms with Crippen LogP contribution in [0.5, 0.6) is 0 Å². The Morgan fingerprint density at radius 3 is 2.38 bits per heavy atom. The molecule has 7 heteroatoms. The number of rotatable bonds is 4. The third kappa shape index (κ3) is 2.90. The highest BCUT2D eigenvalue weighted by Crippen LogP contribution is 2.65. The average molecular weight is 490 g/mol. The van der Waals surface area contributed by atoms with Crippen molar-refractivity contribution in [2.24, 2.45) is 40.6 Å². The number of benzene rings is 2. The Morgan fingerprint density at radius 1 is 0.971 bits per heavy atom. The van der Waals surface area contributed by atoms with Crippen LogP contribution in [0.4, 0.5) is 0 Å². The number of allylic oxidation sites excluding steroid dienone is 2. The highest BCUT2D eigenvalue weighted by Gasteiger charge is 2.67. The van der Waals surface area contributed by atoms with Crippen LogP contribution in [0, 0.1) is 35.5 Å². The highest BCUT2D eigenvalue weighted by molar-refractivity contribution is 6.35. The molecule has 2 amide bonds. The Hall–Kier alpha value is -2.89. The Labute approximate surface area is 206 Å². The third-order valence-corrected chi connectivity index (χ3v) is 8.71. The van der Waals surface area contributed by atoms with E-state index in [4.69, 9.17) is 23.2 Å². The standard InChI is InChI=1S/C27H21Cl2N3O2/c28-16-6-5-14(22(29)9-16)12-31-13-15(17-3-1-2-4-23(17)31)11-30-32-26(33)24-18-7-8-19(21-10-20(18)21)25(24)27(32)34/h1-9,11,13,18-21,24-25H,10,12H2/b30-11-/t18-,19-,20-,21+,24-,25+/m0/s1. The van der Waals surface area contributed by atoms with Gasteiger partial charge in [0.15, 0.2) is 0 Å². The summed E-state index contributed by atoms with van der Waals surface area (Å²) < 4.78 is 2.09. The van der Waals surface area contributed by atoms with Crippen LogP contribution in [0.1, 0.15) is 17.5 Å². The van der Waals surface area contributed by atoms with Gasteiger partial charge < -0.3 is 4.57 Å². The lowest BCUT2D eigenvalue weighted by Crippen LogP contribution is -2.40. The van der Waals surface area contributed by atoms with Crippen molar-refractivity contribution in [2.45, 2.75) is 13.0 Å². The minimum atomic E-state index is -0.239. The number of hydrazone groups is 1. The molecule has 3 fully saturated rings. The van der Waals surface area contributed by atoms with Crippen molar-refractivity contribution < 1.29 is 9.59 Å². The number of carbonyl (C=O) groups excluding carboxylic acids is 2. The van der Waals surface area contributed by atoms with E-state index in [1.807, 2.05) is 42.6 Å². The summed E-state index contributed by atoms with van der Waals surface area (Å²) in [6.45, 7) is 0.563. The molecule has 0 spiro atoms. The average Bonchev–Trinajstić information content (AvgIpc) is 3.54. The van der Waals surface area contributed by atoms with Crippen molar-refractivity contribution in [1.29, 1.82) is 0 Å². The minimum absolute atomic E-state index is 0.146. The molecule has 0 N–H and O–H groups in total. The van der Waals surface area contributed by atoms with Crippen molar-refractivity contribution >= 4 is 52.1 Å². The lowest BCUT2D eigenvalue weighted by molar-refractivity contribution is -0.140. The molecule has 170 valence electrons. The first-order chi connectivity index (χ1) is 16.5. The van der Waals surface area contributed by atoms with Crippen molar-refractivity contribution in [2.75, 3.05) is 0 Å². The number of aromatic nitrogens is 1. The first-order valence-corrected chi connectivity index (χ1v) is 12.4. The van der Waals surface area contributed by atoms with E-state index in [-0.39, 0.29) is 35.5 Å². The maximum absolute atomic E-state index is 13.2. The van der Waals surface area contributed by atoms with Crippen LogP contribution in [0.2, 0.25) is 10.0 Å². The number of hydrogen-bond donors (Lipinski definition) is 0. The summed E-state index contributed by atoms with van der Waals surface area (Å²) in [5.74, 6) is 0.781. The van der Waals surface area contributed by atoms with Crippen LogP contribution < -0.4 is 0 Å². The van der Waals surface area contributed by atoms with Gasteiger partial charge in [0.1, 0.15) is 0 Å². The fourth-order valence-corrected chi connectivity index (χ4v) is 6.99. The van der Waals surface area contributed by atoms with Gasteiger partial charge in [-0.05, 0) is 53.9 Å². The molecule has 0 radical (unpaired) electrons. The van der Waals surface area contributed by atoms with Crippen LogP contribution in [-0.2, 0) is 16.1 Å². The lowest BCUT2D eigenvalue weighted by Gasteiger charge is -2.37. The van der Waals surface area contributed by atoms with E-state index in [2.05, 4.69) is 21.8 Å². The van der Waals surface area contributed by atoms with E-state index in [0.29, 0.717) is 28.4 Å². The number of halogens is 2. The third-order valence-electron chi connectivity index (χ3n) is 8.13. The summed E-state index contributed by atoms with van der Waals surface area (Å²) in [6.07, 6.45) is 9.13. The first kappa shape index (κ1) is 20.5. The molecule has 3 aromatic rings. The Bertz CT molecular complexity index is 1400. The SMILES string of the molecule is O=C1[C@@H]2[C@H]3C=C[C@@H]([C@@H]4C[C@H]34)[C@@H]2C(=O)N1/N=C\c1cn(Cc2ccc(Cl)cc2Cl)c2ccccc12. The van der Waals surface area contributed by atoms with Gasteiger partial charge in [0, 0.05) is 39.3 Å². The molecule has 8 rings (SSSR count). The second-order valence-electron chi connectivity index (χ2n) is 9.85.